The standard InChI is InChI=1S/C16H13BrCl2FN/c17-11-7-14(18)16(15(19)8-11)21-13-5-10(6-13)9-1-3-12(20)4-2-9/h1-4,7-8,10,13,21H,5-6H2. The Kier molecular flexibility index (Phi) is 4.43. The number of rotatable bonds is 3. The molecule has 1 aliphatic carbocycles. The molecule has 0 heterocycles. The van der Waals surface area contributed by atoms with Crippen molar-refractivity contribution in [3.63, 3.8) is 0 Å². The Morgan fingerprint density at radius 3 is 2.19 bits per heavy atom. The predicted molar refractivity (Wildman–Crippen MR) is 89.9 cm³/mol. The molecule has 0 spiro atoms. The van der Waals surface area contributed by atoms with Crippen molar-refractivity contribution >= 4 is 44.8 Å². The largest absolute Gasteiger partial charge is 0.380 e. The molecular weight excluding hydrogens is 376 g/mol. The van der Waals surface area contributed by atoms with Gasteiger partial charge in [-0.1, -0.05) is 51.3 Å². The average molecular weight is 389 g/mol. The van der Waals surface area contributed by atoms with E-state index in [0.29, 0.717) is 22.0 Å². The van der Waals surface area contributed by atoms with Gasteiger partial charge in [0.15, 0.2) is 0 Å². The molecule has 21 heavy (non-hydrogen) atoms. The highest BCUT2D eigenvalue weighted by Crippen LogP contribution is 2.41. The van der Waals surface area contributed by atoms with Gasteiger partial charge in [0, 0.05) is 10.5 Å². The first-order valence-electron chi connectivity index (χ1n) is 6.69. The first-order valence-corrected chi connectivity index (χ1v) is 8.24. The lowest BCUT2D eigenvalue weighted by molar-refractivity contribution is 0.374. The average Bonchev–Trinajstić information content (AvgIpc) is 2.37. The van der Waals surface area contributed by atoms with Crippen molar-refractivity contribution in [2.75, 3.05) is 5.32 Å². The Morgan fingerprint density at radius 2 is 1.62 bits per heavy atom. The fourth-order valence-electron chi connectivity index (χ4n) is 2.63. The highest BCUT2D eigenvalue weighted by atomic mass is 79.9. The Labute approximate surface area is 141 Å². The van der Waals surface area contributed by atoms with E-state index >= 15 is 0 Å². The summed E-state index contributed by atoms with van der Waals surface area (Å²) in [6, 6.07) is 10.7. The summed E-state index contributed by atoms with van der Waals surface area (Å²) in [5.41, 5.74) is 1.96. The zero-order chi connectivity index (χ0) is 15.0. The van der Waals surface area contributed by atoms with Gasteiger partial charge in [0.25, 0.3) is 0 Å². The van der Waals surface area contributed by atoms with Crippen molar-refractivity contribution in [1.29, 1.82) is 0 Å². The molecule has 1 aliphatic rings. The fourth-order valence-corrected chi connectivity index (χ4v) is 3.94. The van der Waals surface area contributed by atoms with E-state index in [4.69, 9.17) is 23.2 Å². The molecule has 2 aromatic rings. The number of benzene rings is 2. The molecule has 1 fully saturated rings. The minimum absolute atomic E-state index is 0.193. The van der Waals surface area contributed by atoms with Crippen LogP contribution in [0.15, 0.2) is 40.9 Å². The van der Waals surface area contributed by atoms with Crippen molar-refractivity contribution in [3.05, 3.63) is 62.3 Å². The molecule has 3 rings (SSSR count). The molecule has 1 saturated carbocycles. The van der Waals surface area contributed by atoms with Crippen molar-refractivity contribution in [1.82, 2.24) is 0 Å². The summed E-state index contributed by atoms with van der Waals surface area (Å²) in [5.74, 6) is 0.275. The Bertz CT molecular complexity index is 631. The monoisotopic (exact) mass is 387 g/mol. The Balaban J connectivity index is 1.64. The summed E-state index contributed by atoms with van der Waals surface area (Å²) < 4.78 is 13.8. The molecule has 0 bridgehead atoms. The third kappa shape index (κ3) is 3.36. The van der Waals surface area contributed by atoms with Crippen LogP contribution in [-0.4, -0.2) is 6.04 Å². The van der Waals surface area contributed by atoms with Crippen molar-refractivity contribution in [3.8, 4) is 0 Å². The van der Waals surface area contributed by atoms with Crippen LogP contribution in [0.25, 0.3) is 0 Å². The van der Waals surface area contributed by atoms with E-state index in [-0.39, 0.29) is 5.82 Å². The second-order valence-electron chi connectivity index (χ2n) is 5.31. The van der Waals surface area contributed by atoms with Gasteiger partial charge in [-0.25, -0.2) is 4.39 Å². The smallest absolute Gasteiger partial charge is 0.123 e. The summed E-state index contributed by atoms with van der Waals surface area (Å²) in [6.07, 6.45) is 1.99. The molecule has 1 N–H and O–H groups in total. The second-order valence-corrected chi connectivity index (χ2v) is 7.04. The maximum Gasteiger partial charge on any atom is 0.123 e. The van der Waals surface area contributed by atoms with Crippen LogP contribution in [0.3, 0.4) is 0 Å². The highest BCUT2D eigenvalue weighted by molar-refractivity contribution is 9.10. The van der Waals surface area contributed by atoms with Crippen molar-refractivity contribution in [2.45, 2.75) is 24.8 Å². The number of hydrogen-bond donors (Lipinski definition) is 1. The van der Waals surface area contributed by atoms with Gasteiger partial charge in [-0.15, -0.1) is 0 Å². The lowest BCUT2D eigenvalue weighted by Gasteiger charge is -2.37. The second kappa shape index (κ2) is 6.15. The lowest BCUT2D eigenvalue weighted by Crippen LogP contribution is -2.34. The van der Waals surface area contributed by atoms with E-state index in [1.54, 1.807) is 0 Å². The zero-order valence-electron chi connectivity index (χ0n) is 11.0. The Morgan fingerprint density at radius 1 is 1.05 bits per heavy atom. The molecule has 0 radical (unpaired) electrons. The molecule has 5 heteroatoms. The maximum atomic E-state index is 12.9. The van der Waals surface area contributed by atoms with E-state index in [1.807, 2.05) is 24.3 Å². The minimum atomic E-state index is -0.193. The van der Waals surface area contributed by atoms with Crippen LogP contribution in [0.5, 0.6) is 0 Å². The van der Waals surface area contributed by atoms with Gasteiger partial charge < -0.3 is 5.32 Å². The van der Waals surface area contributed by atoms with Gasteiger partial charge in [0.1, 0.15) is 5.82 Å². The minimum Gasteiger partial charge on any atom is -0.380 e. The molecule has 0 amide bonds. The van der Waals surface area contributed by atoms with Crippen LogP contribution in [0.1, 0.15) is 24.3 Å². The summed E-state index contributed by atoms with van der Waals surface area (Å²) in [5, 5.41) is 4.62. The van der Waals surface area contributed by atoms with Crippen molar-refractivity contribution in [2.24, 2.45) is 0 Å². The lowest BCUT2D eigenvalue weighted by atomic mass is 9.76. The molecular formula is C16H13BrCl2FN. The summed E-state index contributed by atoms with van der Waals surface area (Å²) in [4.78, 5) is 0. The maximum absolute atomic E-state index is 12.9. The van der Waals surface area contributed by atoms with E-state index in [9.17, 15) is 4.39 Å². The van der Waals surface area contributed by atoms with Gasteiger partial charge in [-0.2, -0.15) is 0 Å². The molecule has 0 unspecified atom stereocenters. The normalized spacial score (nSPS) is 21.0. The highest BCUT2D eigenvalue weighted by Gasteiger charge is 2.31. The van der Waals surface area contributed by atoms with E-state index < -0.39 is 0 Å². The molecule has 1 nitrogen and oxygen atoms in total. The number of hydrogen-bond acceptors (Lipinski definition) is 1. The van der Waals surface area contributed by atoms with Gasteiger partial charge in [0.05, 0.1) is 15.7 Å². The predicted octanol–water partition coefficient (Wildman–Crippen LogP) is 6.25. The summed E-state index contributed by atoms with van der Waals surface area (Å²) >= 11 is 15.8. The zero-order valence-corrected chi connectivity index (χ0v) is 14.1. The first kappa shape index (κ1) is 15.1. The van der Waals surface area contributed by atoms with Crippen LogP contribution < -0.4 is 5.32 Å². The van der Waals surface area contributed by atoms with Crippen LogP contribution in [-0.2, 0) is 0 Å². The Hall–Kier alpha value is -0.770. The van der Waals surface area contributed by atoms with E-state index in [2.05, 4.69) is 21.2 Å². The quantitative estimate of drug-likeness (QED) is 0.654. The van der Waals surface area contributed by atoms with Crippen LogP contribution in [0, 0.1) is 5.82 Å². The van der Waals surface area contributed by atoms with Gasteiger partial charge in [-0.05, 0) is 48.6 Å². The van der Waals surface area contributed by atoms with Crippen molar-refractivity contribution < 1.29 is 4.39 Å². The third-order valence-corrected chi connectivity index (χ3v) is 4.89. The van der Waals surface area contributed by atoms with Crippen LogP contribution >= 0.6 is 39.1 Å². The SMILES string of the molecule is Fc1ccc(C2CC(Nc3c(Cl)cc(Br)cc3Cl)C2)cc1. The molecule has 2 aromatic carbocycles. The summed E-state index contributed by atoms with van der Waals surface area (Å²) in [6.45, 7) is 0. The number of halogens is 4. The third-order valence-electron chi connectivity index (χ3n) is 3.83. The van der Waals surface area contributed by atoms with E-state index in [0.717, 1.165) is 23.0 Å². The molecule has 110 valence electrons. The van der Waals surface area contributed by atoms with Crippen LogP contribution in [0.2, 0.25) is 10.0 Å². The van der Waals surface area contributed by atoms with Gasteiger partial charge >= 0.3 is 0 Å². The molecule has 0 aromatic heterocycles. The van der Waals surface area contributed by atoms with Gasteiger partial charge in [0.2, 0.25) is 0 Å². The first-order chi connectivity index (χ1) is 10.0. The molecule has 0 aliphatic heterocycles. The summed E-state index contributed by atoms with van der Waals surface area (Å²) in [7, 11) is 0. The number of nitrogens with one attached hydrogen (secondary N) is 1. The number of anilines is 1. The molecule has 0 atom stereocenters. The fraction of sp³-hybridized carbons (Fsp3) is 0.250. The van der Waals surface area contributed by atoms with Crippen LogP contribution in [0.4, 0.5) is 10.1 Å². The van der Waals surface area contributed by atoms with E-state index in [1.165, 1.54) is 17.7 Å². The topological polar surface area (TPSA) is 12.0 Å². The molecule has 0 saturated heterocycles. The van der Waals surface area contributed by atoms with Gasteiger partial charge in [-0.3, -0.25) is 0 Å².